The van der Waals surface area contributed by atoms with E-state index < -0.39 is 0 Å². The van der Waals surface area contributed by atoms with Crippen LogP contribution in [0.3, 0.4) is 0 Å². The van der Waals surface area contributed by atoms with E-state index in [0.717, 1.165) is 24.8 Å². The predicted molar refractivity (Wildman–Crippen MR) is 69.0 cm³/mol. The summed E-state index contributed by atoms with van der Waals surface area (Å²) in [4.78, 5) is 2.54. The largest absolute Gasteiger partial charge is 0.369 e. The zero-order valence-electron chi connectivity index (χ0n) is 11.1. The minimum atomic E-state index is 0.669. The summed E-state index contributed by atoms with van der Waals surface area (Å²) in [5.41, 5.74) is 0. The van der Waals surface area contributed by atoms with Gasteiger partial charge in [-0.15, -0.1) is 5.10 Å². The Morgan fingerprint density at radius 1 is 1.53 bits per heavy atom. The molecule has 0 saturated carbocycles. The summed E-state index contributed by atoms with van der Waals surface area (Å²) in [5, 5.41) is 11.4. The second-order valence-corrected chi connectivity index (χ2v) is 5.06. The smallest absolute Gasteiger partial charge is 0.144 e. The maximum Gasteiger partial charge on any atom is 0.144 e. The number of anilines is 1. The van der Waals surface area contributed by atoms with Crippen LogP contribution in [0.2, 0.25) is 0 Å². The maximum absolute atomic E-state index is 4.02. The standard InChI is InChI=1S/C12H23N5/c1-4-17-12(8-14-15-17)13-7-11-5-6-16(9-11)10(2)3/h8,10-11,13H,4-7,9H2,1-3H3. The van der Waals surface area contributed by atoms with Crippen molar-refractivity contribution in [2.75, 3.05) is 25.0 Å². The van der Waals surface area contributed by atoms with Crippen molar-refractivity contribution >= 4 is 5.82 Å². The Morgan fingerprint density at radius 3 is 3.00 bits per heavy atom. The molecule has 5 nitrogen and oxygen atoms in total. The quantitative estimate of drug-likeness (QED) is 0.842. The Labute approximate surface area is 103 Å². The van der Waals surface area contributed by atoms with Gasteiger partial charge >= 0.3 is 0 Å². The van der Waals surface area contributed by atoms with E-state index in [1.807, 2.05) is 4.68 Å². The molecule has 0 aliphatic carbocycles. The summed E-state index contributed by atoms with van der Waals surface area (Å²) in [6.45, 7) is 10.9. The Bertz CT molecular complexity index is 346. The number of rotatable bonds is 5. The Hall–Kier alpha value is -1.10. The highest BCUT2D eigenvalue weighted by molar-refractivity contribution is 5.30. The molecule has 1 aliphatic rings. The minimum absolute atomic E-state index is 0.669. The molecule has 1 N–H and O–H groups in total. The number of nitrogens with one attached hydrogen (secondary N) is 1. The van der Waals surface area contributed by atoms with Crippen molar-refractivity contribution in [2.24, 2.45) is 5.92 Å². The van der Waals surface area contributed by atoms with Crippen molar-refractivity contribution in [3.63, 3.8) is 0 Å². The fourth-order valence-electron chi connectivity index (χ4n) is 2.38. The summed E-state index contributed by atoms with van der Waals surface area (Å²) >= 11 is 0. The number of nitrogens with zero attached hydrogens (tertiary/aromatic N) is 4. The highest BCUT2D eigenvalue weighted by Crippen LogP contribution is 2.19. The first-order valence-electron chi connectivity index (χ1n) is 6.57. The highest BCUT2D eigenvalue weighted by atomic mass is 15.4. The lowest BCUT2D eigenvalue weighted by atomic mass is 10.1. The van der Waals surface area contributed by atoms with Crippen LogP contribution in [0.5, 0.6) is 0 Å². The maximum atomic E-state index is 4.02. The number of aryl methyl sites for hydroxylation is 1. The molecule has 0 bridgehead atoms. The van der Waals surface area contributed by atoms with Crippen LogP contribution in [-0.4, -0.2) is 45.6 Å². The van der Waals surface area contributed by atoms with Crippen LogP contribution in [0.25, 0.3) is 0 Å². The van der Waals surface area contributed by atoms with Gasteiger partial charge in [0, 0.05) is 25.7 Å². The Morgan fingerprint density at radius 2 is 2.35 bits per heavy atom. The molecule has 5 heteroatoms. The van der Waals surface area contributed by atoms with Crippen molar-refractivity contribution in [3.05, 3.63) is 6.20 Å². The van der Waals surface area contributed by atoms with Gasteiger partial charge in [0.15, 0.2) is 0 Å². The summed E-state index contributed by atoms with van der Waals surface area (Å²) in [5.74, 6) is 1.79. The van der Waals surface area contributed by atoms with E-state index in [2.05, 4.69) is 41.3 Å². The molecule has 1 aliphatic heterocycles. The lowest BCUT2D eigenvalue weighted by Crippen LogP contribution is -2.29. The van der Waals surface area contributed by atoms with E-state index in [1.54, 1.807) is 6.20 Å². The van der Waals surface area contributed by atoms with Crippen molar-refractivity contribution < 1.29 is 0 Å². The Kier molecular flexibility index (Phi) is 3.99. The third-order valence-corrected chi connectivity index (χ3v) is 3.54. The molecular weight excluding hydrogens is 214 g/mol. The molecule has 2 heterocycles. The third kappa shape index (κ3) is 2.97. The molecule has 1 aromatic rings. The molecule has 2 rings (SSSR count). The molecular formula is C12H23N5. The van der Waals surface area contributed by atoms with E-state index in [9.17, 15) is 0 Å². The molecule has 1 unspecified atom stereocenters. The average Bonchev–Trinajstić information content (AvgIpc) is 2.95. The van der Waals surface area contributed by atoms with Crippen LogP contribution in [0.1, 0.15) is 27.2 Å². The molecule has 1 fully saturated rings. The van der Waals surface area contributed by atoms with Crippen LogP contribution in [0.15, 0.2) is 6.20 Å². The zero-order valence-corrected chi connectivity index (χ0v) is 11.1. The first-order chi connectivity index (χ1) is 8.20. The van der Waals surface area contributed by atoms with Gasteiger partial charge < -0.3 is 10.2 Å². The van der Waals surface area contributed by atoms with Crippen molar-refractivity contribution in [1.82, 2.24) is 19.9 Å². The number of aromatic nitrogens is 3. The molecule has 1 saturated heterocycles. The third-order valence-electron chi connectivity index (χ3n) is 3.54. The van der Waals surface area contributed by atoms with E-state index in [4.69, 9.17) is 0 Å². The topological polar surface area (TPSA) is 46.0 Å². The van der Waals surface area contributed by atoms with E-state index in [-0.39, 0.29) is 0 Å². The van der Waals surface area contributed by atoms with Gasteiger partial charge in [-0.3, -0.25) is 0 Å². The minimum Gasteiger partial charge on any atom is -0.369 e. The van der Waals surface area contributed by atoms with E-state index in [0.29, 0.717) is 6.04 Å². The van der Waals surface area contributed by atoms with Gasteiger partial charge in [-0.25, -0.2) is 4.68 Å². The first-order valence-corrected chi connectivity index (χ1v) is 6.57. The zero-order chi connectivity index (χ0) is 12.3. The van der Waals surface area contributed by atoms with E-state index in [1.165, 1.54) is 19.5 Å². The van der Waals surface area contributed by atoms with Gasteiger partial charge in [-0.05, 0) is 39.7 Å². The van der Waals surface area contributed by atoms with Gasteiger partial charge in [-0.1, -0.05) is 5.21 Å². The van der Waals surface area contributed by atoms with Gasteiger partial charge in [0.2, 0.25) is 0 Å². The van der Waals surface area contributed by atoms with Crippen LogP contribution < -0.4 is 5.32 Å². The van der Waals surface area contributed by atoms with Crippen LogP contribution in [-0.2, 0) is 6.54 Å². The lowest BCUT2D eigenvalue weighted by molar-refractivity contribution is 0.266. The van der Waals surface area contributed by atoms with Gasteiger partial charge in [0.25, 0.3) is 0 Å². The molecule has 0 aromatic carbocycles. The van der Waals surface area contributed by atoms with Crippen LogP contribution in [0.4, 0.5) is 5.82 Å². The van der Waals surface area contributed by atoms with Crippen LogP contribution >= 0.6 is 0 Å². The summed E-state index contributed by atoms with van der Waals surface area (Å²) in [6.07, 6.45) is 3.09. The Balaban J connectivity index is 1.80. The molecule has 96 valence electrons. The predicted octanol–water partition coefficient (Wildman–Crippen LogP) is 1.44. The highest BCUT2D eigenvalue weighted by Gasteiger charge is 2.23. The summed E-state index contributed by atoms with van der Waals surface area (Å²) < 4.78 is 1.90. The van der Waals surface area contributed by atoms with Gasteiger partial charge in [-0.2, -0.15) is 0 Å². The molecule has 0 amide bonds. The van der Waals surface area contributed by atoms with E-state index >= 15 is 0 Å². The second-order valence-electron chi connectivity index (χ2n) is 5.06. The van der Waals surface area contributed by atoms with Crippen molar-refractivity contribution in [1.29, 1.82) is 0 Å². The average molecular weight is 237 g/mol. The number of likely N-dealkylation sites (tertiary alicyclic amines) is 1. The molecule has 0 spiro atoms. The lowest BCUT2D eigenvalue weighted by Gasteiger charge is -2.20. The molecule has 1 aromatic heterocycles. The molecule has 17 heavy (non-hydrogen) atoms. The molecule has 1 atom stereocenters. The summed E-state index contributed by atoms with van der Waals surface area (Å²) in [6, 6.07) is 0.669. The monoisotopic (exact) mass is 237 g/mol. The summed E-state index contributed by atoms with van der Waals surface area (Å²) in [7, 11) is 0. The number of hydrogen-bond donors (Lipinski definition) is 1. The van der Waals surface area contributed by atoms with Gasteiger partial charge in [0.1, 0.15) is 5.82 Å². The van der Waals surface area contributed by atoms with Crippen molar-refractivity contribution in [2.45, 2.75) is 39.8 Å². The first kappa shape index (κ1) is 12.4. The van der Waals surface area contributed by atoms with Crippen molar-refractivity contribution in [3.8, 4) is 0 Å². The number of hydrogen-bond acceptors (Lipinski definition) is 4. The fourth-order valence-corrected chi connectivity index (χ4v) is 2.38. The van der Waals surface area contributed by atoms with Crippen LogP contribution in [0, 0.1) is 5.92 Å². The van der Waals surface area contributed by atoms with Gasteiger partial charge in [0.05, 0.1) is 6.20 Å². The normalized spacial score (nSPS) is 21.3. The molecule has 0 radical (unpaired) electrons. The second kappa shape index (κ2) is 5.49. The SMILES string of the molecule is CCn1nncc1NCC1CCN(C(C)C)C1. The fraction of sp³-hybridized carbons (Fsp3) is 0.833.